The van der Waals surface area contributed by atoms with Gasteiger partial charge in [-0.1, -0.05) is 19.1 Å². The van der Waals surface area contributed by atoms with Crippen LogP contribution in [0.5, 0.6) is 11.5 Å². The van der Waals surface area contributed by atoms with Gasteiger partial charge >= 0.3 is 0 Å². The molecule has 1 saturated carbocycles. The van der Waals surface area contributed by atoms with Gasteiger partial charge in [0.05, 0.1) is 14.2 Å². The van der Waals surface area contributed by atoms with Crippen LogP contribution in [0, 0.1) is 0 Å². The Morgan fingerprint density at radius 2 is 1.86 bits per heavy atom. The molecule has 0 saturated heterocycles. The molecule has 21 heavy (non-hydrogen) atoms. The highest BCUT2D eigenvalue weighted by atomic mass is 16.5. The molecule has 0 radical (unpaired) electrons. The molecule has 0 aromatic heterocycles. The highest BCUT2D eigenvalue weighted by molar-refractivity contribution is 5.46. The SMILES string of the molecule is CCN(Cc1cccc(OC)c1OC)C1CCC(N)CC1. The number of rotatable bonds is 6. The van der Waals surface area contributed by atoms with Crippen LogP contribution in [0.2, 0.25) is 0 Å². The first-order valence-corrected chi connectivity index (χ1v) is 7.89. The van der Waals surface area contributed by atoms with E-state index in [1.165, 1.54) is 18.4 Å². The molecule has 1 aliphatic rings. The lowest BCUT2D eigenvalue weighted by Gasteiger charge is -2.35. The van der Waals surface area contributed by atoms with E-state index in [1.54, 1.807) is 14.2 Å². The van der Waals surface area contributed by atoms with Crippen molar-refractivity contribution in [2.45, 2.75) is 51.2 Å². The lowest BCUT2D eigenvalue weighted by Crippen LogP contribution is -2.40. The maximum atomic E-state index is 6.02. The molecular weight excluding hydrogens is 264 g/mol. The molecule has 1 aromatic carbocycles. The second-order valence-corrected chi connectivity index (χ2v) is 5.78. The van der Waals surface area contributed by atoms with Crippen molar-refractivity contribution in [1.82, 2.24) is 4.90 Å². The number of hydrogen-bond donors (Lipinski definition) is 1. The van der Waals surface area contributed by atoms with Crippen molar-refractivity contribution in [2.75, 3.05) is 20.8 Å². The van der Waals surface area contributed by atoms with E-state index in [0.717, 1.165) is 37.4 Å². The highest BCUT2D eigenvalue weighted by Crippen LogP contribution is 2.33. The first-order chi connectivity index (χ1) is 10.2. The summed E-state index contributed by atoms with van der Waals surface area (Å²) in [7, 11) is 3.39. The van der Waals surface area contributed by atoms with Gasteiger partial charge in [-0.2, -0.15) is 0 Å². The molecular formula is C17H28N2O2. The number of hydrogen-bond acceptors (Lipinski definition) is 4. The first-order valence-electron chi connectivity index (χ1n) is 7.89. The summed E-state index contributed by atoms with van der Waals surface area (Å²) in [4.78, 5) is 2.53. The molecule has 2 rings (SSSR count). The van der Waals surface area contributed by atoms with Crippen LogP contribution in [0.3, 0.4) is 0 Å². The summed E-state index contributed by atoms with van der Waals surface area (Å²) in [6.07, 6.45) is 4.66. The molecule has 0 unspecified atom stereocenters. The van der Waals surface area contributed by atoms with Crippen LogP contribution in [0.25, 0.3) is 0 Å². The lowest BCUT2D eigenvalue weighted by molar-refractivity contribution is 0.147. The maximum absolute atomic E-state index is 6.02. The third-order valence-electron chi connectivity index (χ3n) is 4.52. The van der Waals surface area contributed by atoms with E-state index in [1.807, 2.05) is 12.1 Å². The zero-order chi connectivity index (χ0) is 15.2. The second kappa shape index (κ2) is 7.66. The number of benzene rings is 1. The van der Waals surface area contributed by atoms with E-state index in [-0.39, 0.29) is 0 Å². The van der Waals surface area contributed by atoms with E-state index in [2.05, 4.69) is 17.9 Å². The van der Waals surface area contributed by atoms with Crippen molar-refractivity contribution in [3.63, 3.8) is 0 Å². The normalized spacial score (nSPS) is 22.3. The minimum Gasteiger partial charge on any atom is -0.493 e. The van der Waals surface area contributed by atoms with Crippen LogP contribution in [0.4, 0.5) is 0 Å². The van der Waals surface area contributed by atoms with Crippen molar-refractivity contribution >= 4 is 0 Å². The molecule has 0 aliphatic heterocycles. The highest BCUT2D eigenvalue weighted by Gasteiger charge is 2.24. The van der Waals surface area contributed by atoms with Crippen molar-refractivity contribution in [1.29, 1.82) is 0 Å². The van der Waals surface area contributed by atoms with Gasteiger partial charge in [0.1, 0.15) is 0 Å². The number of para-hydroxylation sites is 1. The minimum absolute atomic E-state index is 0.395. The molecule has 1 aliphatic carbocycles. The molecule has 1 aromatic rings. The summed E-state index contributed by atoms with van der Waals surface area (Å²) >= 11 is 0. The summed E-state index contributed by atoms with van der Waals surface area (Å²) in [6, 6.07) is 7.12. The molecule has 0 spiro atoms. The van der Waals surface area contributed by atoms with E-state index >= 15 is 0 Å². The number of nitrogens with two attached hydrogens (primary N) is 1. The summed E-state index contributed by atoms with van der Waals surface area (Å²) in [5, 5.41) is 0. The number of methoxy groups -OCH3 is 2. The Labute approximate surface area is 128 Å². The third kappa shape index (κ3) is 3.89. The average Bonchev–Trinajstić information content (AvgIpc) is 2.53. The van der Waals surface area contributed by atoms with Crippen molar-refractivity contribution in [2.24, 2.45) is 5.73 Å². The van der Waals surface area contributed by atoms with E-state index in [4.69, 9.17) is 15.2 Å². The fourth-order valence-corrected chi connectivity index (χ4v) is 3.26. The topological polar surface area (TPSA) is 47.7 Å². The summed E-state index contributed by atoms with van der Waals surface area (Å²) in [5.41, 5.74) is 7.21. The van der Waals surface area contributed by atoms with Crippen molar-refractivity contribution in [3.8, 4) is 11.5 Å². The maximum Gasteiger partial charge on any atom is 0.165 e. The van der Waals surface area contributed by atoms with Crippen LogP contribution in [-0.2, 0) is 6.54 Å². The molecule has 1 fully saturated rings. The zero-order valence-electron chi connectivity index (χ0n) is 13.5. The van der Waals surface area contributed by atoms with Crippen LogP contribution < -0.4 is 15.2 Å². The Balaban J connectivity index is 2.11. The summed E-state index contributed by atoms with van der Waals surface area (Å²) in [6.45, 7) is 4.16. The zero-order valence-corrected chi connectivity index (χ0v) is 13.5. The predicted octanol–water partition coefficient (Wildman–Crippen LogP) is 2.80. The van der Waals surface area contributed by atoms with E-state index < -0.39 is 0 Å². The quantitative estimate of drug-likeness (QED) is 0.876. The standard InChI is InChI=1S/C17H28N2O2/c1-4-19(15-10-8-14(18)9-11-15)12-13-6-5-7-16(20-2)17(13)21-3/h5-7,14-15H,4,8-12,18H2,1-3H3. The molecule has 0 bridgehead atoms. The Hall–Kier alpha value is -1.26. The van der Waals surface area contributed by atoms with Gasteiger partial charge in [0, 0.05) is 24.2 Å². The minimum atomic E-state index is 0.395. The molecule has 4 heteroatoms. The van der Waals surface area contributed by atoms with Crippen LogP contribution >= 0.6 is 0 Å². The Kier molecular flexibility index (Phi) is 5.88. The molecule has 118 valence electrons. The van der Waals surface area contributed by atoms with Gasteiger partial charge in [0.25, 0.3) is 0 Å². The molecule has 2 N–H and O–H groups in total. The van der Waals surface area contributed by atoms with Gasteiger partial charge in [0.15, 0.2) is 11.5 Å². The smallest absolute Gasteiger partial charge is 0.165 e. The lowest BCUT2D eigenvalue weighted by atomic mass is 9.90. The van der Waals surface area contributed by atoms with Crippen LogP contribution in [0.15, 0.2) is 18.2 Å². The van der Waals surface area contributed by atoms with Gasteiger partial charge in [0.2, 0.25) is 0 Å². The summed E-state index contributed by atoms with van der Waals surface area (Å²) < 4.78 is 10.9. The van der Waals surface area contributed by atoms with E-state index in [0.29, 0.717) is 12.1 Å². The van der Waals surface area contributed by atoms with Crippen molar-refractivity contribution < 1.29 is 9.47 Å². The van der Waals surface area contributed by atoms with Gasteiger partial charge in [-0.25, -0.2) is 0 Å². The second-order valence-electron chi connectivity index (χ2n) is 5.78. The van der Waals surface area contributed by atoms with Gasteiger partial charge in [-0.05, 0) is 38.3 Å². The van der Waals surface area contributed by atoms with Gasteiger partial charge in [-0.15, -0.1) is 0 Å². The largest absolute Gasteiger partial charge is 0.493 e. The van der Waals surface area contributed by atoms with E-state index in [9.17, 15) is 0 Å². The van der Waals surface area contributed by atoms with Crippen LogP contribution in [-0.4, -0.2) is 37.7 Å². The Morgan fingerprint density at radius 3 is 2.43 bits per heavy atom. The van der Waals surface area contributed by atoms with Crippen molar-refractivity contribution in [3.05, 3.63) is 23.8 Å². The van der Waals surface area contributed by atoms with Crippen LogP contribution in [0.1, 0.15) is 38.2 Å². The Morgan fingerprint density at radius 1 is 1.14 bits per heavy atom. The third-order valence-corrected chi connectivity index (χ3v) is 4.52. The number of nitrogens with zero attached hydrogens (tertiary/aromatic N) is 1. The Bertz CT molecular complexity index is 442. The molecule has 4 nitrogen and oxygen atoms in total. The molecule has 0 amide bonds. The first kappa shape index (κ1) is 16.1. The predicted molar refractivity (Wildman–Crippen MR) is 85.9 cm³/mol. The number of ether oxygens (including phenoxy) is 2. The van der Waals surface area contributed by atoms with Gasteiger partial charge in [-0.3, -0.25) is 4.90 Å². The molecule has 0 atom stereocenters. The molecule has 0 heterocycles. The van der Waals surface area contributed by atoms with Gasteiger partial charge < -0.3 is 15.2 Å². The monoisotopic (exact) mass is 292 g/mol. The fraction of sp³-hybridized carbons (Fsp3) is 0.647. The average molecular weight is 292 g/mol. The fourth-order valence-electron chi connectivity index (χ4n) is 3.26. The summed E-state index contributed by atoms with van der Waals surface area (Å²) in [5.74, 6) is 1.66.